The number of amides is 1. The van der Waals surface area contributed by atoms with Crippen molar-refractivity contribution in [1.82, 2.24) is 10.0 Å². The van der Waals surface area contributed by atoms with Crippen molar-refractivity contribution in [1.29, 1.82) is 0 Å². The number of halogens is 1. The Morgan fingerprint density at radius 1 is 1.14 bits per heavy atom. The van der Waals surface area contributed by atoms with Crippen molar-refractivity contribution < 1.29 is 17.6 Å². The monoisotopic (exact) mass is 342 g/mol. The minimum atomic E-state index is -3.29. The van der Waals surface area contributed by atoms with Crippen LogP contribution in [0.15, 0.2) is 40.8 Å². The number of benzene rings is 1. The van der Waals surface area contributed by atoms with Crippen LogP contribution in [0.3, 0.4) is 0 Å². The number of rotatable bonds is 6. The lowest BCUT2D eigenvalue weighted by molar-refractivity contribution is 0.0923. The third-order valence-corrected chi connectivity index (χ3v) is 4.48. The molecule has 22 heavy (non-hydrogen) atoms. The Morgan fingerprint density at radius 3 is 2.32 bits per heavy atom. The Hall–Kier alpha value is -1.83. The van der Waals surface area contributed by atoms with Gasteiger partial charge in [0.1, 0.15) is 0 Å². The van der Waals surface area contributed by atoms with Crippen molar-refractivity contribution >= 4 is 27.5 Å². The molecule has 1 aromatic heterocycles. The standard InChI is InChI=1S/C14H15ClN2O4S/c1-16-22(19,20)9-11-4-2-10(3-5-11)8-17-14(18)12-6-7-13(15)21-12/h2-7,16H,8-9H2,1H3,(H,17,18). The van der Waals surface area contributed by atoms with Crippen LogP contribution in [0.25, 0.3) is 0 Å². The molecule has 0 radical (unpaired) electrons. The van der Waals surface area contributed by atoms with Gasteiger partial charge in [0.05, 0.1) is 5.75 Å². The lowest BCUT2D eigenvalue weighted by Gasteiger charge is -2.06. The van der Waals surface area contributed by atoms with E-state index in [1.807, 2.05) is 0 Å². The predicted molar refractivity (Wildman–Crippen MR) is 83.0 cm³/mol. The zero-order valence-electron chi connectivity index (χ0n) is 11.8. The topological polar surface area (TPSA) is 88.4 Å². The Morgan fingerprint density at radius 2 is 1.77 bits per heavy atom. The quantitative estimate of drug-likeness (QED) is 0.839. The number of carbonyl (C=O) groups is 1. The van der Waals surface area contributed by atoms with Crippen LogP contribution >= 0.6 is 11.6 Å². The minimum Gasteiger partial charge on any atom is -0.440 e. The van der Waals surface area contributed by atoms with Crippen molar-refractivity contribution in [2.45, 2.75) is 12.3 Å². The smallest absolute Gasteiger partial charge is 0.287 e. The van der Waals surface area contributed by atoms with E-state index in [4.69, 9.17) is 16.0 Å². The highest BCUT2D eigenvalue weighted by molar-refractivity contribution is 7.88. The van der Waals surface area contributed by atoms with Crippen molar-refractivity contribution in [3.05, 3.63) is 58.5 Å². The lowest BCUT2D eigenvalue weighted by atomic mass is 10.1. The summed E-state index contributed by atoms with van der Waals surface area (Å²) in [5, 5.41) is 2.84. The second-order valence-electron chi connectivity index (χ2n) is 4.57. The van der Waals surface area contributed by atoms with Crippen LogP contribution in [-0.2, 0) is 22.3 Å². The third kappa shape index (κ3) is 4.59. The maximum atomic E-state index is 11.8. The Labute approximate surface area is 133 Å². The number of furan rings is 1. The van der Waals surface area contributed by atoms with E-state index in [1.165, 1.54) is 19.2 Å². The van der Waals surface area contributed by atoms with Gasteiger partial charge in [-0.25, -0.2) is 13.1 Å². The van der Waals surface area contributed by atoms with Crippen LogP contribution in [0.2, 0.25) is 5.22 Å². The number of hydrogen-bond donors (Lipinski definition) is 2. The Balaban J connectivity index is 1.93. The highest BCUT2D eigenvalue weighted by atomic mass is 35.5. The molecule has 118 valence electrons. The molecule has 1 aromatic carbocycles. The summed E-state index contributed by atoms with van der Waals surface area (Å²) in [7, 11) is -1.91. The molecule has 1 amide bonds. The van der Waals surface area contributed by atoms with Crippen molar-refractivity contribution in [2.75, 3.05) is 7.05 Å². The Bertz CT molecular complexity index is 753. The zero-order chi connectivity index (χ0) is 16.2. The van der Waals surface area contributed by atoms with E-state index >= 15 is 0 Å². The molecule has 6 nitrogen and oxygen atoms in total. The van der Waals surface area contributed by atoms with Crippen LogP contribution in [0.5, 0.6) is 0 Å². The first-order valence-corrected chi connectivity index (χ1v) is 8.45. The minimum absolute atomic E-state index is 0.0823. The summed E-state index contributed by atoms with van der Waals surface area (Å²) in [5.41, 5.74) is 1.51. The normalized spacial score (nSPS) is 11.4. The molecule has 8 heteroatoms. The van der Waals surface area contributed by atoms with E-state index in [0.29, 0.717) is 12.1 Å². The van der Waals surface area contributed by atoms with E-state index in [2.05, 4.69) is 10.0 Å². The molecule has 0 aliphatic carbocycles. The number of carbonyl (C=O) groups excluding carboxylic acids is 1. The predicted octanol–water partition coefficient (Wildman–Crippen LogP) is 1.91. The molecule has 0 saturated heterocycles. The molecule has 0 aliphatic rings. The molecule has 2 aromatic rings. The maximum absolute atomic E-state index is 11.8. The van der Waals surface area contributed by atoms with Gasteiger partial charge in [-0.1, -0.05) is 24.3 Å². The number of nitrogens with one attached hydrogen (secondary N) is 2. The highest BCUT2D eigenvalue weighted by Gasteiger charge is 2.11. The van der Waals surface area contributed by atoms with Gasteiger partial charge in [-0.05, 0) is 41.9 Å². The van der Waals surface area contributed by atoms with Gasteiger partial charge in [0.2, 0.25) is 10.0 Å². The molecule has 0 bridgehead atoms. The van der Waals surface area contributed by atoms with Gasteiger partial charge in [-0.2, -0.15) is 0 Å². The van der Waals surface area contributed by atoms with Gasteiger partial charge in [0.15, 0.2) is 11.0 Å². The van der Waals surface area contributed by atoms with Gasteiger partial charge < -0.3 is 9.73 Å². The van der Waals surface area contributed by atoms with Gasteiger partial charge in [-0.3, -0.25) is 4.79 Å². The van der Waals surface area contributed by atoms with Crippen LogP contribution in [0.4, 0.5) is 0 Å². The molecule has 0 atom stereocenters. The van der Waals surface area contributed by atoms with E-state index in [-0.39, 0.29) is 22.6 Å². The van der Waals surface area contributed by atoms with Gasteiger partial charge in [0.25, 0.3) is 5.91 Å². The van der Waals surface area contributed by atoms with Crippen LogP contribution < -0.4 is 10.0 Å². The zero-order valence-corrected chi connectivity index (χ0v) is 13.4. The fourth-order valence-corrected chi connectivity index (χ4v) is 2.67. The average molecular weight is 343 g/mol. The summed E-state index contributed by atoms with van der Waals surface area (Å²) >= 11 is 5.60. The molecule has 1 heterocycles. The van der Waals surface area contributed by atoms with Crippen LogP contribution in [0.1, 0.15) is 21.7 Å². The first-order valence-electron chi connectivity index (χ1n) is 6.42. The molecule has 0 spiro atoms. The molecule has 0 aliphatic heterocycles. The Kier molecular flexibility index (Phi) is 5.23. The fraction of sp³-hybridized carbons (Fsp3) is 0.214. The maximum Gasteiger partial charge on any atom is 0.287 e. The fourth-order valence-electron chi connectivity index (χ4n) is 1.75. The summed E-state index contributed by atoms with van der Waals surface area (Å²) in [5.74, 6) is -0.309. The third-order valence-electron chi connectivity index (χ3n) is 2.94. The van der Waals surface area contributed by atoms with E-state index in [1.54, 1.807) is 24.3 Å². The highest BCUT2D eigenvalue weighted by Crippen LogP contribution is 2.13. The van der Waals surface area contributed by atoms with Gasteiger partial charge in [0, 0.05) is 6.54 Å². The second kappa shape index (κ2) is 6.95. The van der Waals surface area contributed by atoms with Crippen molar-refractivity contribution in [3.8, 4) is 0 Å². The van der Waals surface area contributed by atoms with Crippen LogP contribution in [-0.4, -0.2) is 21.4 Å². The average Bonchev–Trinajstić information content (AvgIpc) is 2.92. The van der Waals surface area contributed by atoms with Crippen molar-refractivity contribution in [3.63, 3.8) is 0 Å². The summed E-state index contributed by atoms with van der Waals surface area (Å²) < 4.78 is 30.1. The second-order valence-corrected chi connectivity index (χ2v) is 6.87. The molecular formula is C14H15ClN2O4S. The van der Waals surface area contributed by atoms with Gasteiger partial charge >= 0.3 is 0 Å². The van der Waals surface area contributed by atoms with Crippen molar-refractivity contribution in [2.24, 2.45) is 0 Å². The molecule has 0 fully saturated rings. The number of hydrogen-bond acceptors (Lipinski definition) is 4. The first kappa shape index (κ1) is 16.5. The van der Waals surface area contributed by atoms with E-state index in [9.17, 15) is 13.2 Å². The van der Waals surface area contributed by atoms with Crippen LogP contribution in [0, 0.1) is 0 Å². The van der Waals surface area contributed by atoms with E-state index < -0.39 is 10.0 Å². The molecule has 2 rings (SSSR count). The largest absolute Gasteiger partial charge is 0.440 e. The summed E-state index contributed by atoms with van der Waals surface area (Å²) in [6.45, 7) is 0.302. The van der Waals surface area contributed by atoms with Gasteiger partial charge in [-0.15, -0.1) is 0 Å². The lowest BCUT2D eigenvalue weighted by Crippen LogP contribution is -2.22. The summed E-state index contributed by atoms with van der Waals surface area (Å²) in [6.07, 6.45) is 0. The SMILES string of the molecule is CNS(=O)(=O)Cc1ccc(CNC(=O)c2ccc(Cl)o2)cc1. The number of sulfonamides is 1. The summed E-state index contributed by atoms with van der Waals surface area (Å²) in [4.78, 5) is 11.8. The summed E-state index contributed by atoms with van der Waals surface area (Å²) in [6, 6.07) is 9.92. The molecule has 0 unspecified atom stereocenters. The van der Waals surface area contributed by atoms with E-state index in [0.717, 1.165) is 5.56 Å². The molecule has 2 N–H and O–H groups in total. The first-order chi connectivity index (χ1) is 10.4. The molecule has 0 saturated carbocycles. The molecular weight excluding hydrogens is 328 g/mol.